The standard InChI is InChI=1S/C26H24F3N5O2S/c1-5-12-30-23(35)21-13-18-22(32-25(26(27,28)29)33-24(18)37-21)31-15(2)19-10-11-20(36-19)17-9-7-6-8-16(17)14-34(3)4/h1,6-11,13,15H,12,14H2,2-4H3,(H,30,35)(H,31,32,33). The SMILES string of the molecule is C#CCNC(=O)c1cc2c(NC(C)c3ccc(-c4ccccc4CN(C)C)o3)nc(C(F)(F)F)nc2s1. The summed E-state index contributed by atoms with van der Waals surface area (Å²) in [5, 5.41) is 5.80. The molecule has 0 aliphatic rings. The van der Waals surface area contributed by atoms with Gasteiger partial charge in [-0.15, -0.1) is 17.8 Å². The molecule has 0 aliphatic carbocycles. The summed E-state index contributed by atoms with van der Waals surface area (Å²) in [6, 6.07) is 12.4. The summed E-state index contributed by atoms with van der Waals surface area (Å²) in [5.74, 6) is 1.59. The molecule has 0 radical (unpaired) electrons. The molecule has 0 aliphatic heterocycles. The van der Waals surface area contributed by atoms with Crippen molar-refractivity contribution in [1.82, 2.24) is 20.2 Å². The highest BCUT2D eigenvalue weighted by atomic mass is 32.1. The van der Waals surface area contributed by atoms with Crippen molar-refractivity contribution in [1.29, 1.82) is 0 Å². The molecule has 4 aromatic rings. The highest BCUT2D eigenvalue weighted by Gasteiger charge is 2.36. The number of anilines is 1. The predicted molar refractivity (Wildman–Crippen MR) is 137 cm³/mol. The van der Waals surface area contributed by atoms with Gasteiger partial charge in [-0.05, 0) is 44.8 Å². The minimum absolute atomic E-state index is 0.00675. The molecule has 1 aromatic carbocycles. The maximum atomic E-state index is 13.5. The molecular formula is C26H24F3N5O2S. The highest BCUT2D eigenvalue weighted by Crippen LogP contribution is 2.36. The van der Waals surface area contributed by atoms with Crippen LogP contribution >= 0.6 is 11.3 Å². The molecule has 7 nitrogen and oxygen atoms in total. The normalized spacial score (nSPS) is 12.5. The lowest BCUT2D eigenvalue weighted by Crippen LogP contribution is -2.22. The number of benzene rings is 1. The average molecular weight is 528 g/mol. The van der Waals surface area contributed by atoms with Crippen LogP contribution in [0.5, 0.6) is 0 Å². The van der Waals surface area contributed by atoms with Gasteiger partial charge in [-0.25, -0.2) is 9.97 Å². The van der Waals surface area contributed by atoms with Gasteiger partial charge in [0.1, 0.15) is 22.2 Å². The first-order chi connectivity index (χ1) is 17.6. The smallest absolute Gasteiger partial charge is 0.451 e. The molecule has 2 N–H and O–H groups in total. The minimum Gasteiger partial charge on any atom is -0.459 e. The molecule has 4 rings (SSSR count). The number of nitrogens with zero attached hydrogens (tertiary/aromatic N) is 3. The zero-order valence-electron chi connectivity index (χ0n) is 20.3. The third-order valence-electron chi connectivity index (χ3n) is 5.40. The molecule has 3 aromatic heterocycles. The molecule has 1 atom stereocenters. The summed E-state index contributed by atoms with van der Waals surface area (Å²) in [5.41, 5.74) is 2.01. The van der Waals surface area contributed by atoms with Gasteiger partial charge in [-0.2, -0.15) is 13.2 Å². The molecule has 0 saturated carbocycles. The summed E-state index contributed by atoms with van der Waals surface area (Å²) >= 11 is 0.832. The van der Waals surface area contributed by atoms with E-state index < -0.39 is 23.9 Å². The largest absolute Gasteiger partial charge is 0.459 e. The Morgan fingerprint density at radius 2 is 1.97 bits per heavy atom. The van der Waals surface area contributed by atoms with E-state index >= 15 is 0 Å². The van der Waals surface area contributed by atoms with Crippen LogP contribution in [0, 0.1) is 12.3 Å². The Balaban J connectivity index is 1.67. The van der Waals surface area contributed by atoms with Crippen LogP contribution in [0.4, 0.5) is 19.0 Å². The van der Waals surface area contributed by atoms with E-state index in [9.17, 15) is 18.0 Å². The number of hydrogen-bond acceptors (Lipinski definition) is 7. The Kier molecular flexibility index (Phi) is 7.52. The number of carbonyl (C=O) groups excluding carboxylic acids is 1. The fourth-order valence-electron chi connectivity index (χ4n) is 3.73. The van der Waals surface area contributed by atoms with Crippen LogP contribution in [-0.2, 0) is 12.7 Å². The number of amides is 1. The van der Waals surface area contributed by atoms with Gasteiger partial charge < -0.3 is 20.0 Å². The van der Waals surface area contributed by atoms with Crippen LogP contribution in [0.2, 0.25) is 0 Å². The first-order valence-corrected chi connectivity index (χ1v) is 12.1. The molecule has 1 unspecified atom stereocenters. The lowest BCUT2D eigenvalue weighted by atomic mass is 10.1. The molecule has 0 fully saturated rings. The van der Waals surface area contributed by atoms with Crippen molar-refractivity contribution < 1.29 is 22.4 Å². The van der Waals surface area contributed by atoms with Crippen LogP contribution in [0.15, 0.2) is 46.9 Å². The van der Waals surface area contributed by atoms with E-state index in [4.69, 9.17) is 10.8 Å². The monoisotopic (exact) mass is 527 g/mol. The van der Waals surface area contributed by atoms with Crippen molar-refractivity contribution in [2.45, 2.75) is 25.7 Å². The van der Waals surface area contributed by atoms with E-state index in [-0.39, 0.29) is 22.1 Å². The molecule has 0 spiro atoms. The topological polar surface area (TPSA) is 83.3 Å². The minimum atomic E-state index is -4.77. The lowest BCUT2D eigenvalue weighted by Gasteiger charge is -2.15. The van der Waals surface area contributed by atoms with E-state index in [1.807, 2.05) is 49.3 Å². The molecule has 0 saturated heterocycles. The van der Waals surface area contributed by atoms with Crippen molar-refractivity contribution >= 4 is 33.3 Å². The quantitative estimate of drug-likeness (QED) is 0.292. The van der Waals surface area contributed by atoms with Gasteiger partial charge in [0.2, 0.25) is 5.82 Å². The number of carbonyl (C=O) groups is 1. The Bertz CT molecular complexity index is 1470. The van der Waals surface area contributed by atoms with Gasteiger partial charge in [0.05, 0.1) is 22.8 Å². The van der Waals surface area contributed by atoms with E-state index in [1.165, 1.54) is 6.07 Å². The first kappa shape index (κ1) is 26.2. The molecule has 11 heteroatoms. The van der Waals surface area contributed by atoms with Gasteiger partial charge in [-0.3, -0.25) is 4.79 Å². The molecular weight excluding hydrogens is 503 g/mol. The second kappa shape index (κ2) is 10.6. The predicted octanol–water partition coefficient (Wildman–Crippen LogP) is 5.57. The van der Waals surface area contributed by atoms with Crippen molar-refractivity contribution in [3.8, 4) is 23.7 Å². The van der Waals surface area contributed by atoms with Gasteiger partial charge in [-0.1, -0.05) is 30.2 Å². The van der Waals surface area contributed by atoms with Crippen LogP contribution in [-0.4, -0.2) is 41.4 Å². The van der Waals surface area contributed by atoms with Gasteiger partial charge in [0, 0.05) is 12.1 Å². The van der Waals surface area contributed by atoms with Gasteiger partial charge >= 0.3 is 6.18 Å². The number of halogens is 3. The third-order valence-corrected chi connectivity index (χ3v) is 6.42. The fraction of sp³-hybridized carbons (Fsp3) is 0.269. The number of terminal acetylenes is 1. The van der Waals surface area contributed by atoms with Crippen molar-refractivity contribution in [2.24, 2.45) is 0 Å². The highest BCUT2D eigenvalue weighted by molar-refractivity contribution is 7.20. The summed E-state index contributed by atoms with van der Waals surface area (Å²) in [7, 11) is 3.95. The number of rotatable bonds is 8. The number of fused-ring (bicyclic) bond motifs is 1. The van der Waals surface area contributed by atoms with Crippen LogP contribution < -0.4 is 10.6 Å². The summed E-state index contributed by atoms with van der Waals surface area (Å²) < 4.78 is 46.7. The van der Waals surface area contributed by atoms with E-state index in [1.54, 1.807) is 13.0 Å². The van der Waals surface area contributed by atoms with Gasteiger partial charge in [0.15, 0.2) is 0 Å². The Hall–Kier alpha value is -3.88. The third kappa shape index (κ3) is 5.93. The molecule has 3 heterocycles. The molecule has 1 amide bonds. The van der Waals surface area contributed by atoms with Crippen LogP contribution in [0.25, 0.3) is 21.5 Å². The number of alkyl halides is 3. The summed E-state index contributed by atoms with van der Waals surface area (Å²) in [6.45, 7) is 2.46. The Morgan fingerprint density at radius 1 is 1.22 bits per heavy atom. The average Bonchev–Trinajstić information content (AvgIpc) is 3.50. The first-order valence-electron chi connectivity index (χ1n) is 11.3. The van der Waals surface area contributed by atoms with Crippen molar-refractivity contribution in [2.75, 3.05) is 26.0 Å². The van der Waals surface area contributed by atoms with E-state index in [0.29, 0.717) is 23.5 Å². The molecule has 0 bridgehead atoms. The zero-order valence-corrected chi connectivity index (χ0v) is 21.1. The fourth-order valence-corrected chi connectivity index (χ4v) is 4.68. The van der Waals surface area contributed by atoms with Crippen LogP contribution in [0.3, 0.4) is 0 Å². The number of furan rings is 1. The van der Waals surface area contributed by atoms with Gasteiger partial charge in [0.25, 0.3) is 5.91 Å². The Morgan fingerprint density at radius 3 is 2.68 bits per heavy atom. The lowest BCUT2D eigenvalue weighted by molar-refractivity contribution is -0.144. The number of thiophene rings is 1. The second-order valence-corrected chi connectivity index (χ2v) is 9.60. The summed E-state index contributed by atoms with van der Waals surface area (Å²) in [4.78, 5) is 22.0. The number of nitrogens with one attached hydrogen (secondary N) is 2. The Labute approximate surface area is 215 Å². The van der Waals surface area contributed by atoms with Crippen molar-refractivity contribution in [3.63, 3.8) is 0 Å². The number of hydrogen-bond donors (Lipinski definition) is 2. The van der Waals surface area contributed by atoms with E-state index in [2.05, 4.69) is 26.5 Å². The molecule has 192 valence electrons. The van der Waals surface area contributed by atoms with E-state index in [0.717, 1.165) is 22.5 Å². The summed E-state index contributed by atoms with van der Waals surface area (Å²) in [6.07, 6.45) is 0.404. The second-order valence-electron chi connectivity index (χ2n) is 8.57. The maximum Gasteiger partial charge on any atom is 0.451 e. The van der Waals surface area contributed by atoms with Crippen molar-refractivity contribution in [3.05, 3.63) is 64.5 Å². The molecule has 37 heavy (non-hydrogen) atoms. The number of aromatic nitrogens is 2. The van der Waals surface area contributed by atoms with Crippen LogP contribution in [0.1, 0.15) is 39.8 Å². The zero-order chi connectivity index (χ0) is 26.7. The maximum absolute atomic E-state index is 13.5.